The summed E-state index contributed by atoms with van der Waals surface area (Å²) in [5, 5.41) is 2.79. The van der Waals surface area contributed by atoms with Gasteiger partial charge in [0.15, 0.2) is 6.61 Å². The number of carbonyl (C=O) groups is 2. The number of nitrogens with zero attached hydrogens (tertiary/aromatic N) is 1. The highest BCUT2D eigenvalue weighted by atomic mass is 79.9. The van der Waals surface area contributed by atoms with Gasteiger partial charge < -0.3 is 15.0 Å². The fourth-order valence-corrected chi connectivity index (χ4v) is 2.77. The molecule has 2 amide bonds. The second-order valence-electron chi connectivity index (χ2n) is 6.30. The lowest BCUT2D eigenvalue weighted by Crippen LogP contribution is -2.23. The first kappa shape index (κ1) is 20.0. The summed E-state index contributed by atoms with van der Waals surface area (Å²) in [5.74, 6) is 0.703. The second-order valence-corrected chi connectivity index (χ2v) is 7.21. The van der Waals surface area contributed by atoms with Gasteiger partial charge in [0, 0.05) is 29.8 Å². The average molecular weight is 419 g/mol. The van der Waals surface area contributed by atoms with Crippen molar-refractivity contribution in [2.24, 2.45) is 0 Å². The largest absolute Gasteiger partial charge is 0.483 e. The Labute approximate surface area is 162 Å². The van der Waals surface area contributed by atoms with Crippen LogP contribution >= 0.6 is 15.9 Å². The van der Waals surface area contributed by atoms with Crippen molar-refractivity contribution in [2.45, 2.75) is 26.7 Å². The van der Waals surface area contributed by atoms with Crippen LogP contribution in [0.1, 0.15) is 32.3 Å². The first-order valence-corrected chi connectivity index (χ1v) is 9.13. The molecule has 2 aromatic rings. The van der Waals surface area contributed by atoms with Crippen LogP contribution in [0.2, 0.25) is 0 Å². The van der Waals surface area contributed by atoms with Crippen molar-refractivity contribution < 1.29 is 14.3 Å². The highest BCUT2D eigenvalue weighted by Crippen LogP contribution is 2.29. The second kappa shape index (κ2) is 8.85. The van der Waals surface area contributed by atoms with E-state index in [1.165, 1.54) is 11.8 Å². The van der Waals surface area contributed by atoms with E-state index in [-0.39, 0.29) is 24.3 Å². The van der Waals surface area contributed by atoms with Gasteiger partial charge in [-0.15, -0.1) is 0 Å². The number of ether oxygens (including phenoxy) is 1. The standard InChI is InChI=1S/C20H23BrN2O3/c1-13(2)18-11-15(21)5-10-19(18)26-12-20(25)22-16-6-8-17(9-7-16)23(4)14(3)24/h5-11,13H,12H2,1-4H3,(H,22,25). The molecule has 0 saturated carbocycles. The van der Waals surface area contributed by atoms with Crippen molar-refractivity contribution in [2.75, 3.05) is 23.9 Å². The van der Waals surface area contributed by atoms with Gasteiger partial charge in [-0.2, -0.15) is 0 Å². The van der Waals surface area contributed by atoms with E-state index in [1.54, 1.807) is 31.3 Å². The Kier molecular flexibility index (Phi) is 6.80. The molecule has 138 valence electrons. The third kappa shape index (κ3) is 5.33. The van der Waals surface area contributed by atoms with Crippen molar-refractivity contribution in [3.8, 4) is 5.75 Å². The number of rotatable bonds is 6. The molecule has 5 nitrogen and oxygen atoms in total. The Bertz CT molecular complexity index is 788. The zero-order valence-electron chi connectivity index (χ0n) is 15.4. The summed E-state index contributed by atoms with van der Waals surface area (Å²) in [6, 6.07) is 12.8. The predicted octanol–water partition coefficient (Wildman–Crippen LogP) is 4.57. The molecule has 0 fully saturated rings. The van der Waals surface area contributed by atoms with Crippen LogP contribution in [0.25, 0.3) is 0 Å². The van der Waals surface area contributed by atoms with E-state index in [1.807, 2.05) is 18.2 Å². The summed E-state index contributed by atoms with van der Waals surface area (Å²) < 4.78 is 6.68. The first-order valence-electron chi connectivity index (χ1n) is 8.34. The van der Waals surface area contributed by atoms with Crippen LogP contribution in [0, 0.1) is 0 Å². The molecular weight excluding hydrogens is 396 g/mol. The molecule has 2 aromatic carbocycles. The fraction of sp³-hybridized carbons (Fsp3) is 0.300. The van der Waals surface area contributed by atoms with Crippen LogP contribution in [0.3, 0.4) is 0 Å². The van der Waals surface area contributed by atoms with Crippen LogP contribution < -0.4 is 15.0 Å². The topological polar surface area (TPSA) is 58.6 Å². The van der Waals surface area contributed by atoms with Crippen molar-refractivity contribution >= 4 is 39.1 Å². The van der Waals surface area contributed by atoms with Crippen LogP contribution in [0.15, 0.2) is 46.9 Å². The summed E-state index contributed by atoms with van der Waals surface area (Å²) in [4.78, 5) is 25.0. The van der Waals surface area contributed by atoms with Crippen LogP contribution in [-0.4, -0.2) is 25.5 Å². The number of halogens is 1. The van der Waals surface area contributed by atoms with Crippen molar-refractivity contribution in [1.82, 2.24) is 0 Å². The van der Waals surface area contributed by atoms with Gasteiger partial charge in [-0.25, -0.2) is 0 Å². The smallest absolute Gasteiger partial charge is 0.262 e. The van der Waals surface area contributed by atoms with Crippen LogP contribution in [0.4, 0.5) is 11.4 Å². The maximum absolute atomic E-state index is 12.2. The van der Waals surface area contributed by atoms with Gasteiger partial charge >= 0.3 is 0 Å². The molecule has 0 bridgehead atoms. The minimum absolute atomic E-state index is 0.0503. The van der Waals surface area contributed by atoms with Gasteiger partial charge in [-0.05, 0) is 53.9 Å². The van der Waals surface area contributed by atoms with E-state index in [0.717, 1.165) is 15.7 Å². The quantitative estimate of drug-likeness (QED) is 0.746. The van der Waals surface area contributed by atoms with Crippen LogP contribution in [-0.2, 0) is 9.59 Å². The molecule has 0 heterocycles. The van der Waals surface area contributed by atoms with Gasteiger partial charge in [0.05, 0.1) is 0 Å². The summed E-state index contributed by atoms with van der Waals surface area (Å²) in [7, 11) is 1.70. The van der Waals surface area contributed by atoms with Gasteiger partial charge in [-0.3, -0.25) is 9.59 Å². The molecule has 2 rings (SSSR count). The van der Waals surface area contributed by atoms with E-state index in [2.05, 4.69) is 35.1 Å². The average Bonchev–Trinajstić information content (AvgIpc) is 2.60. The fourth-order valence-electron chi connectivity index (χ4n) is 2.39. The molecule has 0 aliphatic rings. The van der Waals surface area contributed by atoms with Crippen LogP contribution in [0.5, 0.6) is 5.75 Å². The Morgan fingerprint density at radius 1 is 1.15 bits per heavy atom. The van der Waals surface area contributed by atoms with Gasteiger partial charge in [-0.1, -0.05) is 29.8 Å². The summed E-state index contributed by atoms with van der Waals surface area (Å²) in [6.45, 7) is 5.58. The molecule has 0 saturated heterocycles. The van der Waals surface area contributed by atoms with E-state index in [9.17, 15) is 9.59 Å². The maximum Gasteiger partial charge on any atom is 0.262 e. The highest BCUT2D eigenvalue weighted by molar-refractivity contribution is 9.10. The molecule has 0 radical (unpaired) electrons. The van der Waals surface area contributed by atoms with Gasteiger partial charge in [0.1, 0.15) is 5.75 Å². The number of anilines is 2. The highest BCUT2D eigenvalue weighted by Gasteiger charge is 2.11. The zero-order valence-corrected chi connectivity index (χ0v) is 17.0. The lowest BCUT2D eigenvalue weighted by atomic mass is 10.0. The maximum atomic E-state index is 12.2. The Morgan fingerprint density at radius 2 is 1.81 bits per heavy atom. The third-order valence-electron chi connectivity index (χ3n) is 3.96. The number of nitrogens with one attached hydrogen (secondary N) is 1. The third-order valence-corrected chi connectivity index (χ3v) is 4.46. The monoisotopic (exact) mass is 418 g/mol. The summed E-state index contributed by atoms with van der Waals surface area (Å²) in [5.41, 5.74) is 2.46. The molecule has 0 unspecified atom stereocenters. The number of carbonyl (C=O) groups excluding carboxylic acids is 2. The molecule has 0 aliphatic heterocycles. The van der Waals surface area contributed by atoms with E-state index in [0.29, 0.717) is 11.4 Å². The van der Waals surface area contributed by atoms with E-state index < -0.39 is 0 Å². The Morgan fingerprint density at radius 3 is 2.38 bits per heavy atom. The number of benzene rings is 2. The van der Waals surface area contributed by atoms with Crippen molar-refractivity contribution in [3.05, 3.63) is 52.5 Å². The molecule has 6 heteroatoms. The Hall–Kier alpha value is -2.34. The minimum Gasteiger partial charge on any atom is -0.483 e. The summed E-state index contributed by atoms with van der Waals surface area (Å²) >= 11 is 3.45. The lowest BCUT2D eigenvalue weighted by molar-refractivity contribution is -0.118. The van der Waals surface area contributed by atoms with Crippen molar-refractivity contribution in [1.29, 1.82) is 0 Å². The SMILES string of the molecule is CC(=O)N(C)c1ccc(NC(=O)COc2ccc(Br)cc2C(C)C)cc1. The first-order chi connectivity index (χ1) is 12.3. The lowest BCUT2D eigenvalue weighted by Gasteiger charge is -2.16. The number of hydrogen-bond donors (Lipinski definition) is 1. The van der Waals surface area contributed by atoms with E-state index in [4.69, 9.17) is 4.74 Å². The molecule has 0 aromatic heterocycles. The molecule has 0 atom stereocenters. The molecule has 0 aliphatic carbocycles. The molecule has 0 spiro atoms. The zero-order chi connectivity index (χ0) is 19.3. The predicted molar refractivity (Wildman–Crippen MR) is 108 cm³/mol. The van der Waals surface area contributed by atoms with Gasteiger partial charge in [0.25, 0.3) is 5.91 Å². The van der Waals surface area contributed by atoms with Gasteiger partial charge in [0.2, 0.25) is 5.91 Å². The molecule has 1 N–H and O–H groups in total. The summed E-state index contributed by atoms with van der Waals surface area (Å²) in [6.07, 6.45) is 0. The Balaban J connectivity index is 1.96. The molecule has 26 heavy (non-hydrogen) atoms. The van der Waals surface area contributed by atoms with E-state index >= 15 is 0 Å². The molecular formula is C20H23BrN2O3. The number of amides is 2. The minimum atomic E-state index is -0.240. The number of hydrogen-bond acceptors (Lipinski definition) is 3. The van der Waals surface area contributed by atoms with Crippen molar-refractivity contribution in [3.63, 3.8) is 0 Å². The normalized spacial score (nSPS) is 10.5.